The Morgan fingerprint density at radius 2 is 1.97 bits per heavy atom. The zero-order valence-electron chi connectivity index (χ0n) is 19.2. The van der Waals surface area contributed by atoms with Crippen LogP contribution in [0.15, 0.2) is 47.3 Å². The van der Waals surface area contributed by atoms with Crippen LogP contribution in [-0.4, -0.2) is 66.1 Å². The van der Waals surface area contributed by atoms with Gasteiger partial charge in [0.1, 0.15) is 5.82 Å². The highest BCUT2D eigenvalue weighted by molar-refractivity contribution is 6.32. The van der Waals surface area contributed by atoms with Crippen molar-refractivity contribution < 1.29 is 14.3 Å². The third-order valence-corrected chi connectivity index (χ3v) is 5.65. The number of carbonyl (C=O) groups is 1. The Hall–Kier alpha value is -3.36. The monoisotopic (exact) mass is 482 g/mol. The van der Waals surface area contributed by atoms with Crippen molar-refractivity contribution in [3.8, 4) is 11.5 Å². The maximum Gasteiger partial charge on any atom is 0.258 e. The average Bonchev–Trinajstić information content (AvgIpc) is 3.06. The fourth-order valence-corrected chi connectivity index (χ4v) is 3.87. The van der Waals surface area contributed by atoms with Gasteiger partial charge in [-0.1, -0.05) is 23.7 Å². The Bertz CT molecular complexity index is 1270. The standard InChI is InChI=1S/C25H27ClN4O4/c1-29(2)10-11-30(16-22-27-20-7-4-3-6-18(20)25(32)28-22)23(31)9-8-17-14-19(26)24-21(15-17)33-12-5-13-34-24/h3-4,6-9,14-15H,5,10-13,16H2,1-2H3,(H,27,28,32)/b9-8+. The minimum atomic E-state index is -0.224. The summed E-state index contributed by atoms with van der Waals surface area (Å²) in [5.74, 6) is 1.32. The van der Waals surface area contributed by atoms with Gasteiger partial charge in [-0.3, -0.25) is 9.59 Å². The lowest BCUT2D eigenvalue weighted by atomic mass is 10.2. The molecule has 0 saturated carbocycles. The molecule has 1 aliphatic heterocycles. The first-order valence-corrected chi connectivity index (χ1v) is 11.5. The zero-order chi connectivity index (χ0) is 24.1. The van der Waals surface area contributed by atoms with E-state index in [1.807, 2.05) is 31.1 Å². The van der Waals surface area contributed by atoms with Gasteiger partial charge in [0.2, 0.25) is 5.91 Å². The van der Waals surface area contributed by atoms with Gasteiger partial charge in [0.25, 0.3) is 5.56 Å². The first-order chi connectivity index (χ1) is 16.4. The predicted octanol–water partition coefficient (Wildman–Crippen LogP) is 3.34. The van der Waals surface area contributed by atoms with E-state index in [9.17, 15) is 9.59 Å². The quantitative estimate of drug-likeness (QED) is 0.520. The number of para-hydroxylation sites is 1. The first-order valence-electron chi connectivity index (χ1n) is 11.1. The van der Waals surface area contributed by atoms with Crippen molar-refractivity contribution in [2.75, 3.05) is 40.4 Å². The van der Waals surface area contributed by atoms with Gasteiger partial charge in [-0.25, -0.2) is 4.98 Å². The SMILES string of the molecule is CN(C)CCN(Cc1nc2ccccc2c(=O)[nH]1)C(=O)/C=C/c1cc(Cl)c2c(c1)OCCCO2. The van der Waals surface area contributed by atoms with Gasteiger partial charge in [-0.2, -0.15) is 0 Å². The molecule has 3 aromatic rings. The fourth-order valence-electron chi connectivity index (χ4n) is 3.60. The smallest absolute Gasteiger partial charge is 0.258 e. The normalized spacial score (nSPS) is 13.4. The third kappa shape index (κ3) is 5.76. The molecule has 0 bridgehead atoms. The van der Waals surface area contributed by atoms with Crippen LogP contribution >= 0.6 is 11.6 Å². The number of ether oxygens (including phenoxy) is 2. The van der Waals surface area contributed by atoms with E-state index in [0.717, 1.165) is 12.0 Å². The number of H-pyrrole nitrogens is 1. The van der Waals surface area contributed by atoms with E-state index in [0.29, 0.717) is 59.6 Å². The number of carbonyl (C=O) groups excluding carboxylic acids is 1. The molecular weight excluding hydrogens is 456 g/mol. The number of aromatic amines is 1. The molecule has 0 radical (unpaired) electrons. The number of benzene rings is 2. The van der Waals surface area contributed by atoms with E-state index in [1.54, 1.807) is 35.2 Å². The van der Waals surface area contributed by atoms with Crippen LogP contribution in [0.2, 0.25) is 5.02 Å². The van der Waals surface area contributed by atoms with Gasteiger partial charge in [0, 0.05) is 25.6 Å². The molecule has 0 atom stereocenters. The fraction of sp³-hybridized carbons (Fsp3) is 0.320. The Balaban J connectivity index is 1.56. The summed E-state index contributed by atoms with van der Waals surface area (Å²) in [7, 11) is 3.88. The third-order valence-electron chi connectivity index (χ3n) is 5.37. The van der Waals surface area contributed by atoms with E-state index in [-0.39, 0.29) is 18.0 Å². The predicted molar refractivity (Wildman–Crippen MR) is 132 cm³/mol. The number of nitrogens with zero attached hydrogens (tertiary/aromatic N) is 3. The van der Waals surface area contributed by atoms with E-state index >= 15 is 0 Å². The van der Waals surface area contributed by atoms with Gasteiger partial charge in [-0.05, 0) is 50.0 Å². The summed E-state index contributed by atoms with van der Waals surface area (Å²) in [6.45, 7) is 2.40. The van der Waals surface area contributed by atoms with Crippen molar-refractivity contribution >= 4 is 34.5 Å². The second-order valence-electron chi connectivity index (χ2n) is 8.31. The topological polar surface area (TPSA) is 87.8 Å². The molecule has 0 unspecified atom stereocenters. The number of nitrogens with one attached hydrogen (secondary N) is 1. The largest absolute Gasteiger partial charge is 0.489 e. The van der Waals surface area contributed by atoms with Crippen molar-refractivity contribution in [1.29, 1.82) is 0 Å². The summed E-state index contributed by atoms with van der Waals surface area (Å²) in [5.41, 5.74) is 1.10. The highest BCUT2D eigenvalue weighted by Crippen LogP contribution is 2.38. The van der Waals surface area contributed by atoms with Crippen LogP contribution in [0, 0.1) is 0 Å². The Kier molecular flexibility index (Phi) is 7.49. The highest BCUT2D eigenvalue weighted by Gasteiger charge is 2.17. The van der Waals surface area contributed by atoms with Crippen molar-refractivity contribution in [3.05, 3.63) is 69.2 Å². The summed E-state index contributed by atoms with van der Waals surface area (Å²) >= 11 is 6.37. The summed E-state index contributed by atoms with van der Waals surface area (Å²) < 4.78 is 11.4. The molecule has 8 nitrogen and oxygen atoms in total. The van der Waals surface area contributed by atoms with Crippen molar-refractivity contribution in [2.24, 2.45) is 0 Å². The summed E-state index contributed by atoms with van der Waals surface area (Å²) in [4.78, 5) is 36.5. The number of rotatable bonds is 7. The molecule has 4 rings (SSSR count). The number of likely N-dealkylation sites (N-methyl/N-ethyl adjacent to an activating group) is 1. The molecule has 1 aromatic heterocycles. The van der Waals surface area contributed by atoms with Gasteiger partial charge in [-0.15, -0.1) is 0 Å². The van der Waals surface area contributed by atoms with Gasteiger partial charge < -0.3 is 24.3 Å². The molecule has 1 N–H and O–H groups in total. The van der Waals surface area contributed by atoms with E-state index < -0.39 is 0 Å². The van der Waals surface area contributed by atoms with E-state index in [2.05, 4.69) is 9.97 Å². The minimum Gasteiger partial charge on any atom is -0.489 e. The van der Waals surface area contributed by atoms with Crippen LogP contribution in [0.1, 0.15) is 17.8 Å². The number of aromatic nitrogens is 2. The van der Waals surface area contributed by atoms with Crippen LogP contribution in [0.25, 0.3) is 17.0 Å². The molecule has 1 amide bonds. The summed E-state index contributed by atoms with van der Waals surface area (Å²) in [6, 6.07) is 10.7. The van der Waals surface area contributed by atoms with Crippen molar-refractivity contribution in [3.63, 3.8) is 0 Å². The lowest BCUT2D eigenvalue weighted by molar-refractivity contribution is -0.126. The maximum absolute atomic E-state index is 13.1. The van der Waals surface area contributed by atoms with E-state index in [1.165, 1.54) is 6.08 Å². The highest BCUT2D eigenvalue weighted by atomic mass is 35.5. The van der Waals surface area contributed by atoms with Crippen LogP contribution in [0.4, 0.5) is 0 Å². The molecule has 2 aromatic carbocycles. The number of halogens is 1. The second-order valence-corrected chi connectivity index (χ2v) is 8.71. The molecule has 0 spiro atoms. The van der Waals surface area contributed by atoms with Crippen LogP contribution in [-0.2, 0) is 11.3 Å². The van der Waals surface area contributed by atoms with Gasteiger partial charge in [0.05, 0.1) is 35.7 Å². The molecule has 34 heavy (non-hydrogen) atoms. The Morgan fingerprint density at radius 3 is 2.79 bits per heavy atom. The average molecular weight is 483 g/mol. The molecule has 0 fully saturated rings. The molecule has 0 saturated heterocycles. The lowest BCUT2D eigenvalue weighted by Crippen LogP contribution is -2.36. The lowest BCUT2D eigenvalue weighted by Gasteiger charge is -2.23. The molecule has 9 heteroatoms. The van der Waals surface area contributed by atoms with Crippen LogP contribution in [0.3, 0.4) is 0 Å². The number of hydrogen-bond acceptors (Lipinski definition) is 6. The first kappa shape index (κ1) is 23.8. The zero-order valence-corrected chi connectivity index (χ0v) is 20.0. The molecule has 1 aliphatic rings. The maximum atomic E-state index is 13.1. The molecule has 178 valence electrons. The van der Waals surface area contributed by atoms with Gasteiger partial charge >= 0.3 is 0 Å². The summed E-state index contributed by atoms with van der Waals surface area (Å²) in [6.07, 6.45) is 3.97. The second kappa shape index (κ2) is 10.7. The van der Waals surface area contributed by atoms with Crippen molar-refractivity contribution in [1.82, 2.24) is 19.8 Å². The molecule has 0 aliphatic carbocycles. The Morgan fingerprint density at radius 1 is 1.18 bits per heavy atom. The van der Waals surface area contributed by atoms with E-state index in [4.69, 9.17) is 21.1 Å². The number of fused-ring (bicyclic) bond motifs is 2. The minimum absolute atomic E-state index is 0.180. The molecule has 2 heterocycles. The van der Waals surface area contributed by atoms with Crippen molar-refractivity contribution in [2.45, 2.75) is 13.0 Å². The summed E-state index contributed by atoms with van der Waals surface area (Å²) in [5, 5.41) is 0.956. The van der Waals surface area contributed by atoms with Gasteiger partial charge in [0.15, 0.2) is 11.5 Å². The number of hydrogen-bond donors (Lipinski definition) is 1. The van der Waals surface area contributed by atoms with Crippen LogP contribution < -0.4 is 15.0 Å². The van der Waals surface area contributed by atoms with Crippen LogP contribution in [0.5, 0.6) is 11.5 Å². The Labute approximate surface area is 202 Å². The number of amides is 1. The molecular formula is C25H27ClN4O4.